The van der Waals surface area contributed by atoms with Gasteiger partial charge in [0.05, 0.1) is 39.3 Å². The van der Waals surface area contributed by atoms with Crippen LogP contribution in [-0.2, 0) is 0 Å². The lowest BCUT2D eigenvalue weighted by atomic mass is 10.0. The predicted molar refractivity (Wildman–Crippen MR) is 115 cm³/mol. The highest BCUT2D eigenvalue weighted by atomic mass is 16.5. The Morgan fingerprint density at radius 1 is 1.03 bits per heavy atom. The standard InChI is InChI=1S/C22H28N8O/c1-31-19-9-7-17(8-10-19)20(21-25-26-27-30(21)18-5-2-3-6-18)28-13-15-29(16-14-28)22-23-11-4-12-24-22/h4,7-12,18,20H,2-3,5-6,13-16H2,1H3/p+1/t20-/m1/s1. The smallest absolute Gasteiger partial charge is 0.225 e. The second kappa shape index (κ2) is 8.97. The van der Waals surface area contributed by atoms with Gasteiger partial charge in [0, 0.05) is 18.0 Å². The van der Waals surface area contributed by atoms with Crippen LogP contribution in [-0.4, -0.2) is 63.5 Å². The molecule has 1 aromatic carbocycles. The minimum Gasteiger partial charge on any atom is -0.497 e. The second-order valence-electron chi connectivity index (χ2n) is 8.32. The van der Waals surface area contributed by atoms with Gasteiger partial charge < -0.3 is 14.5 Å². The topological polar surface area (TPSA) is 86.3 Å². The van der Waals surface area contributed by atoms with E-state index in [4.69, 9.17) is 4.74 Å². The van der Waals surface area contributed by atoms with Crippen LogP contribution in [0.15, 0.2) is 42.7 Å². The van der Waals surface area contributed by atoms with Gasteiger partial charge in [-0.3, -0.25) is 0 Å². The van der Waals surface area contributed by atoms with Gasteiger partial charge in [0.2, 0.25) is 11.8 Å². The highest BCUT2D eigenvalue weighted by molar-refractivity contribution is 5.31. The van der Waals surface area contributed by atoms with Crippen molar-refractivity contribution < 1.29 is 9.64 Å². The number of hydrogen-bond donors (Lipinski definition) is 1. The number of nitrogens with one attached hydrogen (secondary N) is 1. The molecule has 5 rings (SSSR count). The Labute approximate surface area is 182 Å². The fourth-order valence-corrected chi connectivity index (χ4v) is 4.90. The van der Waals surface area contributed by atoms with Crippen LogP contribution < -0.4 is 14.5 Å². The molecule has 162 valence electrons. The quantitative estimate of drug-likeness (QED) is 0.637. The summed E-state index contributed by atoms with van der Waals surface area (Å²) in [4.78, 5) is 12.6. The third-order valence-electron chi connectivity index (χ3n) is 6.55. The Hall–Kier alpha value is -3.07. The molecule has 1 aliphatic carbocycles. The lowest BCUT2D eigenvalue weighted by molar-refractivity contribution is -0.927. The summed E-state index contributed by atoms with van der Waals surface area (Å²) in [5.41, 5.74) is 1.22. The maximum atomic E-state index is 5.38. The zero-order valence-corrected chi connectivity index (χ0v) is 17.9. The van der Waals surface area contributed by atoms with E-state index in [0.29, 0.717) is 6.04 Å². The van der Waals surface area contributed by atoms with Gasteiger partial charge in [0.25, 0.3) is 0 Å². The lowest BCUT2D eigenvalue weighted by Gasteiger charge is -2.36. The van der Waals surface area contributed by atoms with E-state index in [0.717, 1.165) is 56.5 Å². The molecular formula is C22H29N8O+. The number of ether oxygens (including phenoxy) is 1. The van der Waals surface area contributed by atoms with Crippen molar-refractivity contribution in [3.05, 3.63) is 54.1 Å². The fourth-order valence-electron chi connectivity index (χ4n) is 4.90. The molecule has 0 bridgehead atoms. The number of piperazine rings is 1. The Morgan fingerprint density at radius 2 is 1.74 bits per heavy atom. The van der Waals surface area contributed by atoms with Crippen molar-refractivity contribution in [1.82, 2.24) is 30.2 Å². The Morgan fingerprint density at radius 3 is 2.42 bits per heavy atom. The molecule has 0 unspecified atom stereocenters. The van der Waals surface area contributed by atoms with Gasteiger partial charge in [-0.1, -0.05) is 12.8 Å². The van der Waals surface area contributed by atoms with Crippen LogP contribution in [0.3, 0.4) is 0 Å². The number of anilines is 1. The zero-order chi connectivity index (χ0) is 21.0. The Bertz CT molecular complexity index is 963. The summed E-state index contributed by atoms with van der Waals surface area (Å²) >= 11 is 0. The second-order valence-corrected chi connectivity index (χ2v) is 8.32. The zero-order valence-electron chi connectivity index (χ0n) is 17.9. The highest BCUT2D eigenvalue weighted by Crippen LogP contribution is 2.31. The number of methoxy groups -OCH3 is 1. The maximum Gasteiger partial charge on any atom is 0.225 e. The normalized spacial score (nSPS) is 18.9. The van der Waals surface area contributed by atoms with E-state index >= 15 is 0 Å². The van der Waals surface area contributed by atoms with E-state index in [-0.39, 0.29) is 6.04 Å². The summed E-state index contributed by atoms with van der Waals surface area (Å²) in [6.45, 7) is 3.73. The van der Waals surface area contributed by atoms with E-state index in [9.17, 15) is 0 Å². The number of nitrogens with zero attached hydrogens (tertiary/aromatic N) is 7. The molecule has 0 radical (unpaired) electrons. The van der Waals surface area contributed by atoms with Gasteiger partial charge in [-0.15, -0.1) is 5.10 Å². The Balaban J connectivity index is 1.43. The molecule has 31 heavy (non-hydrogen) atoms. The molecular weight excluding hydrogens is 392 g/mol. The van der Waals surface area contributed by atoms with Crippen LogP contribution in [0.1, 0.15) is 49.2 Å². The van der Waals surface area contributed by atoms with Crippen molar-refractivity contribution in [3.63, 3.8) is 0 Å². The molecule has 3 aromatic rings. The third-order valence-corrected chi connectivity index (χ3v) is 6.55. The number of aromatic nitrogens is 6. The summed E-state index contributed by atoms with van der Waals surface area (Å²) < 4.78 is 7.48. The van der Waals surface area contributed by atoms with Crippen molar-refractivity contribution in [2.75, 3.05) is 38.2 Å². The van der Waals surface area contributed by atoms with Crippen LogP contribution in [0.2, 0.25) is 0 Å². The SMILES string of the molecule is COc1ccc([C@H](c2nnnn2C2CCCC2)[NH+]2CCN(c3ncccn3)CC2)cc1. The molecule has 1 saturated carbocycles. The van der Waals surface area contributed by atoms with Crippen molar-refractivity contribution in [3.8, 4) is 5.75 Å². The minimum absolute atomic E-state index is 0.0837. The average Bonchev–Trinajstić information content (AvgIpc) is 3.53. The molecule has 2 fully saturated rings. The number of quaternary nitrogens is 1. The van der Waals surface area contributed by atoms with Gasteiger partial charge in [0.15, 0.2) is 6.04 Å². The minimum atomic E-state index is 0.0837. The molecule has 1 saturated heterocycles. The fraction of sp³-hybridized carbons (Fsp3) is 0.500. The van der Waals surface area contributed by atoms with Crippen LogP contribution in [0, 0.1) is 0 Å². The summed E-state index contributed by atoms with van der Waals surface area (Å²) in [6.07, 6.45) is 8.41. The van der Waals surface area contributed by atoms with Gasteiger partial charge >= 0.3 is 0 Å². The van der Waals surface area contributed by atoms with E-state index in [1.165, 1.54) is 23.3 Å². The molecule has 1 N–H and O–H groups in total. The Kier molecular flexibility index (Phi) is 5.75. The number of tetrazole rings is 1. The van der Waals surface area contributed by atoms with Crippen LogP contribution in [0.5, 0.6) is 5.75 Å². The van der Waals surface area contributed by atoms with E-state index < -0.39 is 0 Å². The monoisotopic (exact) mass is 421 g/mol. The third kappa shape index (κ3) is 4.10. The first-order valence-corrected chi connectivity index (χ1v) is 11.1. The van der Waals surface area contributed by atoms with E-state index in [2.05, 4.69) is 47.2 Å². The summed E-state index contributed by atoms with van der Waals surface area (Å²) in [6, 6.07) is 10.7. The average molecular weight is 422 g/mol. The van der Waals surface area contributed by atoms with Gasteiger partial charge in [-0.2, -0.15) is 0 Å². The largest absolute Gasteiger partial charge is 0.497 e. The number of rotatable bonds is 6. The van der Waals surface area contributed by atoms with Crippen LogP contribution in [0.25, 0.3) is 0 Å². The van der Waals surface area contributed by atoms with E-state index in [1.807, 2.05) is 18.2 Å². The molecule has 9 nitrogen and oxygen atoms in total. The van der Waals surface area contributed by atoms with Crippen LogP contribution in [0.4, 0.5) is 5.95 Å². The summed E-state index contributed by atoms with van der Waals surface area (Å²) in [5.74, 6) is 2.63. The predicted octanol–water partition coefficient (Wildman–Crippen LogP) is 1.08. The molecule has 0 amide bonds. The van der Waals surface area contributed by atoms with Gasteiger partial charge in [-0.25, -0.2) is 14.6 Å². The van der Waals surface area contributed by atoms with E-state index in [1.54, 1.807) is 19.5 Å². The van der Waals surface area contributed by atoms with Crippen molar-refractivity contribution in [1.29, 1.82) is 0 Å². The van der Waals surface area contributed by atoms with Crippen molar-refractivity contribution >= 4 is 5.95 Å². The maximum absolute atomic E-state index is 5.38. The molecule has 2 aromatic heterocycles. The molecule has 1 aliphatic heterocycles. The lowest BCUT2D eigenvalue weighted by Crippen LogP contribution is -3.15. The van der Waals surface area contributed by atoms with Crippen molar-refractivity contribution in [2.45, 2.75) is 37.8 Å². The van der Waals surface area contributed by atoms with Crippen molar-refractivity contribution in [2.24, 2.45) is 0 Å². The molecule has 2 aliphatic rings. The number of hydrogen-bond acceptors (Lipinski definition) is 7. The molecule has 0 spiro atoms. The number of benzene rings is 1. The summed E-state index contributed by atoms with van der Waals surface area (Å²) in [7, 11) is 1.70. The molecule has 1 atom stereocenters. The first kappa shape index (κ1) is 19.9. The van der Waals surface area contributed by atoms with Crippen LogP contribution >= 0.6 is 0 Å². The highest BCUT2D eigenvalue weighted by Gasteiger charge is 2.36. The van der Waals surface area contributed by atoms with Gasteiger partial charge in [-0.05, 0) is 53.6 Å². The first-order chi connectivity index (χ1) is 15.3. The van der Waals surface area contributed by atoms with Gasteiger partial charge in [0.1, 0.15) is 5.75 Å². The first-order valence-electron chi connectivity index (χ1n) is 11.1. The molecule has 3 heterocycles. The molecule has 9 heteroatoms. The summed E-state index contributed by atoms with van der Waals surface area (Å²) in [5, 5.41) is 13.1.